The predicted molar refractivity (Wildman–Crippen MR) is 101 cm³/mol. The van der Waals surface area contributed by atoms with Crippen LogP contribution in [0.5, 0.6) is 0 Å². The molecule has 0 radical (unpaired) electrons. The lowest BCUT2D eigenvalue weighted by molar-refractivity contribution is -0.384. The fraction of sp³-hybridized carbons (Fsp3) is 0.200. The molecule has 3 rings (SSSR count). The maximum atomic E-state index is 12.5. The van der Waals surface area contributed by atoms with E-state index in [4.69, 9.17) is 4.74 Å². The molecule has 27 heavy (non-hydrogen) atoms. The maximum absolute atomic E-state index is 12.5. The van der Waals surface area contributed by atoms with Crippen molar-refractivity contribution in [2.24, 2.45) is 4.99 Å². The molecular formula is C20H19N3O4. The molecule has 0 amide bonds. The fourth-order valence-electron chi connectivity index (χ4n) is 2.94. The molecule has 0 saturated carbocycles. The smallest absolute Gasteiger partial charge is 0.338 e. The number of hydrogen-bond donors (Lipinski definition) is 1. The molecule has 138 valence electrons. The minimum absolute atomic E-state index is 0.0221. The molecule has 1 unspecified atom stereocenters. The molecule has 0 bridgehead atoms. The first-order valence-electron chi connectivity index (χ1n) is 8.53. The lowest BCUT2D eigenvalue weighted by Crippen LogP contribution is -2.32. The number of nitrogens with one attached hydrogen (secondary N) is 1. The van der Waals surface area contributed by atoms with Crippen molar-refractivity contribution >= 4 is 17.5 Å². The summed E-state index contributed by atoms with van der Waals surface area (Å²) in [7, 11) is 0. The summed E-state index contributed by atoms with van der Waals surface area (Å²) >= 11 is 0. The van der Waals surface area contributed by atoms with Gasteiger partial charge in [0.1, 0.15) is 11.9 Å². The van der Waals surface area contributed by atoms with Gasteiger partial charge in [-0.05, 0) is 19.4 Å². The zero-order chi connectivity index (χ0) is 19.4. The summed E-state index contributed by atoms with van der Waals surface area (Å²) in [6, 6.07) is 15.1. The van der Waals surface area contributed by atoms with Gasteiger partial charge < -0.3 is 10.1 Å². The standard InChI is InChI=1S/C20H19N3O4/c1-3-27-20(24)17-13(2)21-19(15-10-7-11-16(12-15)23(25)26)22-18(17)14-8-5-4-6-9-14/h4-12,18H,3H2,1-2H3,(H,21,22). The van der Waals surface area contributed by atoms with Crippen molar-refractivity contribution in [1.82, 2.24) is 5.32 Å². The highest BCUT2D eigenvalue weighted by atomic mass is 16.6. The molecule has 0 aromatic heterocycles. The van der Waals surface area contributed by atoms with Crippen LogP contribution in [0.15, 0.2) is 70.9 Å². The number of esters is 1. The number of aliphatic imine (C=N–C) groups is 1. The predicted octanol–water partition coefficient (Wildman–Crippen LogP) is 3.52. The Morgan fingerprint density at radius 2 is 1.96 bits per heavy atom. The van der Waals surface area contributed by atoms with Crippen molar-refractivity contribution in [3.8, 4) is 0 Å². The van der Waals surface area contributed by atoms with E-state index in [1.54, 1.807) is 26.0 Å². The Kier molecular flexibility index (Phi) is 5.30. The third-order valence-electron chi connectivity index (χ3n) is 4.18. The van der Waals surface area contributed by atoms with Gasteiger partial charge in [-0.15, -0.1) is 0 Å². The van der Waals surface area contributed by atoms with E-state index in [9.17, 15) is 14.9 Å². The molecule has 7 heteroatoms. The van der Waals surface area contributed by atoms with Gasteiger partial charge in [-0.2, -0.15) is 0 Å². The number of hydrogen-bond acceptors (Lipinski definition) is 6. The zero-order valence-electron chi connectivity index (χ0n) is 15.0. The second kappa shape index (κ2) is 7.82. The molecule has 1 atom stereocenters. The molecule has 1 aliphatic heterocycles. The molecule has 0 aliphatic carbocycles. The van der Waals surface area contributed by atoms with Crippen LogP contribution in [0, 0.1) is 10.1 Å². The normalized spacial score (nSPS) is 16.4. The molecular weight excluding hydrogens is 346 g/mol. The molecule has 2 aromatic carbocycles. The maximum Gasteiger partial charge on any atom is 0.338 e. The number of nitro benzene ring substituents is 1. The molecule has 1 aliphatic rings. The zero-order valence-corrected chi connectivity index (χ0v) is 15.0. The summed E-state index contributed by atoms with van der Waals surface area (Å²) < 4.78 is 5.20. The quantitative estimate of drug-likeness (QED) is 0.497. The van der Waals surface area contributed by atoms with E-state index in [-0.39, 0.29) is 12.3 Å². The van der Waals surface area contributed by atoms with E-state index in [1.165, 1.54) is 12.1 Å². The molecule has 1 N–H and O–H groups in total. The van der Waals surface area contributed by atoms with Crippen LogP contribution in [0.4, 0.5) is 5.69 Å². The Morgan fingerprint density at radius 3 is 2.63 bits per heavy atom. The van der Waals surface area contributed by atoms with Gasteiger partial charge in [-0.3, -0.25) is 15.1 Å². The monoisotopic (exact) mass is 365 g/mol. The summed E-state index contributed by atoms with van der Waals surface area (Å²) in [6.07, 6.45) is 0. The lowest BCUT2D eigenvalue weighted by atomic mass is 9.95. The van der Waals surface area contributed by atoms with Gasteiger partial charge in [-0.25, -0.2) is 4.79 Å². The number of carbonyl (C=O) groups is 1. The van der Waals surface area contributed by atoms with Crippen molar-refractivity contribution in [3.05, 3.63) is 87.1 Å². The Labute approximate surface area is 156 Å². The van der Waals surface area contributed by atoms with E-state index in [0.29, 0.717) is 22.7 Å². The lowest BCUT2D eigenvalue weighted by Gasteiger charge is -2.26. The summed E-state index contributed by atoms with van der Waals surface area (Å²) in [5.74, 6) is 0.0382. The number of amidine groups is 1. The second-order valence-electron chi connectivity index (χ2n) is 5.98. The second-order valence-corrected chi connectivity index (χ2v) is 5.98. The SMILES string of the molecule is CCOC(=O)C1=C(C)NC(c2cccc([N+](=O)[O-])c2)=NC1c1ccccc1. The van der Waals surface area contributed by atoms with Crippen molar-refractivity contribution in [2.75, 3.05) is 6.61 Å². The number of non-ortho nitro benzene ring substituents is 1. The van der Waals surface area contributed by atoms with Crippen LogP contribution in [0.1, 0.15) is 31.0 Å². The molecule has 0 spiro atoms. The van der Waals surface area contributed by atoms with Crippen LogP contribution in [0.2, 0.25) is 0 Å². The molecule has 0 fully saturated rings. The largest absolute Gasteiger partial charge is 0.463 e. The molecule has 0 saturated heterocycles. The highest BCUT2D eigenvalue weighted by Crippen LogP contribution is 2.32. The first-order chi connectivity index (χ1) is 13.0. The fourth-order valence-corrected chi connectivity index (χ4v) is 2.94. The van der Waals surface area contributed by atoms with Crippen molar-refractivity contribution in [2.45, 2.75) is 19.9 Å². The van der Waals surface area contributed by atoms with E-state index in [0.717, 1.165) is 5.56 Å². The van der Waals surface area contributed by atoms with Gasteiger partial charge >= 0.3 is 5.97 Å². The van der Waals surface area contributed by atoms with Crippen LogP contribution in [0.25, 0.3) is 0 Å². The number of rotatable bonds is 5. The van der Waals surface area contributed by atoms with Crippen LogP contribution in [-0.2, 0) is 9.53 Å². The summed E-state index contributed by atoms with van der Waals surface area (Å²) in [5.41, 5.74) is 2.43. The third kappa shape index (κ3) is 3.87. The first kappa shape index (κ1) is 18.3. The topological polar surface area (TPSA) is 93.8 Å². The molecule has 7 nitrogen and oxygen atoms in total. The van der Waals surface area contributed by atoms with Crippen LogP contribution < -0.4 is 5.32 Å². The summed E-state index contributed by atoms with van der Waals surface area (Å²) in [5, 5.41) is 14.2. The van der Waals surface area contributed by atoms with Crippen LogP contribution in [0.3, 0.4) is 0 Å². The molecule has 2 aromatic rings. The minimum atomic E-state index is -0.555. The Balaban J connectivity index is 2.07. The van der Waals surface area contributed by atoms with E-state index < -0.39 is 16.9 Å². The summed E-state index contributed by atoms with van der Waals surface area (Å²) in [6.45, 7) is 3.78. The van der Waals surface area contributed by atoms with Gasteiger partial charge in [0.2, 0.25) is 0 Å². The van der Waals surface area contributed by atoms with Gasteiger partial charge in [0.25, 0.3) is 5.69 Å². The Hall–Kier alpha value is -3.48. The van der Waals surface area contributed by atoms with E-state index >= 15 is 0 Å². The number of benzene rings is 2. The molecule has 1 heterocycles. The van der Waals surface area contributed by atoms with Crippen LogP contribution in [-0.4, -0.2) is 23.3 Å². The highest BCUT2D eigenvalue weighted by molar-refractivity contribution is 6.04. The van der Waals surface area contributed by atoms with Gasteiger partial charge in [-0.1, -0.05) is 42.5 Å². The van der Waals surface area contributed by atoms with E-state index in [2.05, 4.69) is 10.3 Å². The van der Waals surface area contributed by atoms with Crippen molar-refractivity contribution < 1.29 is 14.5 Å². The van der Waals surface area contributed by atoms with Crippen LogP contribution >= 0.6 is 0 Å². The Morgan fingerprint density at radius 1 is 1.22 bits per heavy atom. The number of ether oxygens (including phenoxy) is 1. The van der Waals surface area contributed by atoms with Crippen molar-refractivity contribution in [3.63, 3.8) is 0 Å². The number of nitrogens with zero attached hydrogens (tertiary/aromatic N) is 2. The summed E-state index contributed by atoms with van der Waals surface area (Å²) in [4.78, 5) is 27.8. The van der Waals surface area contributed by atoms with Gasteiger partial charge in [0.05, 0.1) is 17.1 Å². The van der Waals surface area contributed by atoms with Gasteiger partial charge in [0.15, 0.2) is 0 Å². The number of nitro groups is 1. The third-order valence-corrected chi connectivity index (χ3v) is 4.18. The average molecular weight is 365 g/mol. The minimum Gasteiger partial charge on any atom is -0.463 e. The highest BCUT2D eigenvalue weighted by Gasteiger charge is 2.30. The van der Waals surface area contributed by atoms with Gasteiger partial charge in [0, 0.05) is 23.4 Å². The number of allylic oxidation sites excluding steroid dienone is 1. The Bertz CT molecular complexity index is 935. The van der Waals surface area contributed by atoms with E-state index in [1.807, 2.05) is 30.3 Å². The average Bonchev–Trinajstić information content (AvgIpc) is 2.68. The van der Waals surface area contributed by atoms with Crippen molar-refractivity contribution in [1.29, 1.82) is 0 Å². The first-order valence-corrected chi connectivity index (χ1v) is 8.53. The number of carbonyl (C=O) groups excluding carboxylic acids is 1.